The molecule has 2 aromatic rings. The number of nitrogens with two attached hydrogens (primary N) is 1. The van der Waals surface area contributed by atoms with Crippen LogP contribution in [0.3, 0.4) is 0 Å². The average molecular weight is 330 g/mol. The van der Waals surface area contributed by atoms with Crippen molar-refractivity contribution in [3.63, 3.8) is 0 Å². The molecule has 8 heteroatoms. The molecule has 0 radical (unpaired) electrons. The van der Waals surface area contributed by atoms with Gasteiger partial charge in [-0.1, -0.05) is 12.1 Å². The fraction of sp³-hybridized carbons (Fsp3) is 0.250. The van der Waals surface area contributed by atoms with Gasteiger partial charge in [-0.05, 0) is 30.2 Å². The Labute approximate surface area is 138 Å². The van der Waals surface area contributed by atoms with Crippen molar-refractivity contribution in [2.45, 2.75) is 12.5 Å². The third kappa shape index (κ3) is 5.33. The maximum absolute atomic E-state index is 11.7. The highest BCUT2D eigenvalue weighted by atomic mass is 16.5. The third-order valence-corrected chi connectivity index (χ3v) is 3.12. The Kier molecular flexibility index (Phi) is 6.21. The molecular weight excluding hydrogens is 312 g/mol. The molecule has 0 saturated heterocycles. The second kappa shape index (κ2) is 8.59. The largest absolute Gasteiger partial charge is 0.492 e. The van der Waals surface area contributed by atoms with E-state index in [4.69, 9.17) is 15.6 Å². The number of hydrogen-bond donors (Lipinski definition) is 3. The van der Waals surface area contributed by atoms with Gasteiger partial charge in [-0.25, -0.2) is 9.97 Å². The smallest absolute Gasteiger partial charge is 0.320 e. The Hall–Kier alpha value is -3.00. The van der Waals surface area contributed by atoms with Crippen LogP contribution in [0.2, 0.25) is 0 Å². The number of nitrogens with one attached hydrogen (secondary N) is 1. The van der Waals surface area contributed by atoms with Gasteiger partial charge in [-0.3, -0.25) is 9.59 Å². The molecule has 0 aliphatic rings. The van der Waals surface area contributed by atoms with Crippen LogP contribution in [0.4, 0.5) is 0 Å². The van der Waals surface area contributed by atoms with Gasteiger partial charge in [-0.15, -0.1) is 0 Å². The molecule has 1 aromatic heterocycles. The molecule has 2 rings (SSSR count). The number of amides is 1. The molecule has 8 nitrogen and oxygen atoms in total. The van der Waals surface area contributed by atoms with Crippen molar-refractivity contribution < 1.29 is 19.4 Å². The summed E-state index contributed by atoms with van der Waals surface area (Å²) in [4.78, 5) is 30.1. The van der Waals surface area contributed by atoms with Crippen molar-refractivity contribution in [2.75, 3.05) is 13.2 Å². The highest BCUT2D eigenvalue weighted by molar-refractivity contribution is 5.90. The van der Waals surface area contributed by atoms with Gasteiger partial charge in [0.05, 0.1) is 6.54 Å². The predicted molar refractivity (Wildman–Crippen MR) is 85.6 cm³/mol. The average Bonchev–Trinajstić information content (AvgIpc) is 2.60. The number of carbonyl (C=O) groups is 2. The van der Waals surface area contributed by atoms with Gasteiger partial charge in [0.25, 0.3) is 5.91 Å². The highest BCUT2D eigenvalue weighted by Crippen LogP contribution is 2.13. The van der Waals surface area contributed by atoms with E-state index in [0.29, 0.717) is 12.3 Å². The lowest BCUT2D eigenvalue weighted by atomic mass is 10.1. The number of aliphatic carboxylic acids is 1. The Bertz CT molecular complexity index is 676. The van der Waals surface area contributed by atoms with Crippen LogP contribution in [0, 0.1) is 0 Å². The summed E-state index contributed by atoms with van der Waals surface area (Å²) in [6.45, 7) is 0.593. The minimum Gasteiger partial charge on any atom is -0.492 e. The van der Waals surface area contributed by atoms with Crippen molar-refractivity contribution in [1.29, 1.82) is 0 Å². The molecule has 0 saturated carbocycles. The van der Waals surface area contributed by atoms with Crippen LogP contribution in [0.15, 0.2) is 42.7 Å². The van der Waals surface area contributed by atoms with E-state index in [9.17, 15) is 9.59 Å². The molecule has 0 unspecified atom stereocenters. The van der Waals surface area contributed by atoms with Crippen LogP contribution < -0.4 is 15.8 Å². The molecule has 4 N–H and O–H groups in total. The molecule has 24 heavy (non-hydrogen) atoms. The van der Waals surface area contributed by atoms with E-state index in [2.05, 4.69) is 15.3 Å². The maximum Gasteiger partial charge on any atom is 0.320 e. The Morgan fingerprint density at radius 2 is 1.88 bits per heavy atom. The lowest BCUT2D eigenvalue weighted by Gasteiger charge is -2.09. The lowest BCUT2D eigenvalue weighted by molar-refractivity contribution is -0.138. The number of carboxylic acid groups (broad SMARTS) is 1. The first-order chi connectivity index (χ1) is 11.6. The van der Waals surface area contributed by atoms with Gasteiger partial charge in [0.1, 0.15) is 18.4 Å². The molecular formula is C16H18N4O4. The van der Waals surface area contributed by atoms with Crippen LogP contribution in [-0.2, 0) is 11.2 Å². The van der Waals surface area contributed by atoms with Crippen LogP contribution in [0.25, 0.3) is 0 Å². The highest BCUT2D eigenvalue weighted by Gasteiger charge is 2.12. The molecule has 1 aromatic carbocycles. The fourth-order valence-corrected chi connectivity index (χ4v) is 1.89. The summed E-state index contributed by atoms with van der Waals surface area (Å²) in [6.07, 6.45) is 3.25. The van der Waals surface area contributed by atoms with Crippen molar-refractivity contribution in [1.82, 2.24) is 15.3 Å². The Morgan fingerprint density at radius 1 is 1.21 bits per heavy atom. The lowest BCUT2D eigenvalue weighted by Crippen LogP contribution is -2.32. The van der Waals surface area contributed by atoms with Crippen molar-refractivity contribution in [2.24, 2.45) is 5.73 Å². The number of rotatable bonds is 8. The van der Waals surface area contributed by atoms with Crippen molar-refractivity contribution >= 4 is 11.9 Å². The van der Waals surface area contributed by atoms with Crippen LogP contribution in [0.1, 0.15) is 16.2 Å². The van der Waals surface area contributed by atoms with Gasteiger partial charge in [0, 0.05) is 12.4 Å². The second-order valence-electron chi connectivity index (χ2n) is 4.97. The SMILES string of the molecule is N[C@@H](Cc1ccc(OCCNC(=O)c2ncccn2)cc1)C(=O)O. The van der Waals surface area contributed by atoms with E-state index in [1.165, 1.54) is 12.4 Å². The second-order valence-corrected chi connectivity index (χ2v) is 4.97. The van der Waals surface area contributed by atoms with E-state index in [-0.39, 0.29) is 24.8 Å². The monoisotopic (exact) mass is 330 g/mol. The van der Waals surface area contributed by atoms with E-state index in [1.54, 1.807) is 30.3 Å². The quantitative estimate of drug-likeness (QED) is 0.592. The summed E-state index contributed by atoms with van der Waals surface area (Å²) in [6, 6.07) is 7.68. The van der Waals surface area contributed by atoms with Gasteiger partial charge >= 0.3 is 5.97 Å². The summed E-state index contributed by atoms with van der Waals surface area (Å²) in [5.74, 6) is -0.671. The Balaban J connectivity index is 1.73. The normalized spacial score (nSPS) is 11.5. The number of carboxylic acids is 1. The third-order valence-electron chi connectivity index (χ3n) is 3.12. The van der Waals surface area contributed by atoms with Gasteiger partial charge in [0.15, 0.2) is 0 Å². The zero-order valence-corrected chi connectivity index (χ0v) is 12.9. The number of aromatic nitrogens is 2. The standard InChI is InChI=1S/C16H18N4O4/c17-13(16(22)23)10-11-2-4-12(5-3-11)24-9-8-20-15(21)14-18-6-1-7-19-14/h1-7,13H,8-10,17H2,(H,20,21)(H,22,23)/t13-/m0/s1. The summed E-state index contributed by atoms with van der Waals surface area (Å²) in [5.41, 5.74) is 6.29. The molecule has 0 fully saturated rings. The summed E-state index contributed by atoms with van der Waals surface area (Å²) in [7, 11) is 0. The molecule has 0 spiro atoms. The molecule has 1 atom stereocenters. The predicted octanol–water partition coefficient (Wildman–Crippen LogP) is 0.240. The molecule has 1 amide bonds. The van der Waals surface area contributed by atoms with Crippen molar-refractivity contribution in [3.8, 4) is 5.75 Å². The first kappa shape index (κ1) is 17.4. The Morgan fingerprint density at radius 3 is 2.50 bits per heavy atom. The number of nitrogens with zero attached hydrogens (tertiary/aromatic N) is 2. The summed E-state index contributed by atoms with van der Waals surface area (Å²) < 4.78 is 5.50. The molecule has 0 aliphatic carbocycles. The number of carbonyl (C=O) groups excluding carboxylic acids is 1. The minimum atomic E-state index is -1.03. The number of hydrogen-bond acceptors (Lipinski definition) is 6. The molecule has 126 valence electrons. The minimum absolute atomic E-state index is 0.108. The fourth-order valence-electron chi connectivity index (χ4n) is 1.89. The summed E-state index contributed by atoms with van der Waals surface area (Å²) in [5, 5.41) is 11.4. The maximum atomic E-state index is 11.7. The number of ether oxygens (including phenoxy) is 1. The van der Waals surface area contributed by atoms with E-state index < -0.39 is 12.0 Å². The summed E-state index contributed by atoms with van der Waals surface area (Å²) >= 11 is 0. The zero-order chi connectivity index (χ0) is 17.4. The first-order valence-electron chi connectivity index (χ1n) is 7.31. The van der Waals surface area contributed by atoms with Gasteiger partial charge in [-0.2, -0.15) is 0 Å². The number of benzene rings is 1. The first-order valence-corrected chi connectivity index (χ1v) is 7.31. The van der Waals surface area contributed by atoms with Gasteiger partial charge < -0.3 is 20.9 Å². The topological polar surface area (TPSA) is 127 Å². The van der Waals surface area contributed by atoms with E-state index in [0.717, 1.165) is 5.56 Å². The van der Waals surface area contributed by atoms with E-state index >= 15 is 0 Å². The van der Waals surface area contributed by atoms with Crippen LogP contribution in [0.5, 0.6) is 5.75 Å². The van der Waals surface area contributed by atoms with Crippen LogP contribution >= 0.6 is 0 Å². The molecule has 1 heterocycles. The molecule has 0 bridgehead atoms. The van der Waals surface area contributed by atoms with Crippen molar-refractivity contribution in [3.05, 3.63) is 54.1 Å². The molecule has 0 aliphatic heterocycles. The zero-order valence-electron chi connectivity index (χ0n) is 12.9. The van der Waals surface area contributed by atoms with Gasteiger partial charge in [0.2, 0.25) is 5.82 Å². The van der Waals surface area contributed by atoms with E-state index in [1.807, 2.05) is 0 Å². The van der Waals surface area contributed by atoms with Crippen LogP contribution in [-0.4, -0.2) is 46.1 Å².